The number of hydrogen-bond acceptors (Lipinski definition) is 7. The van der Waals surface area contributed by atoms with Crippen LogP contribution in [0.3, 0.4) is 0 Å². The van der Waals surface area contributed by atoms with Crippen molar-refractivity contribution in [2.24, 2.45) is 0 Å². The molecule has 0 bridgehead atoms. The van der Waals surface area contributed by atoms with Gasteiger partial charge in [0, 0.05) is 18.0 Å². The molecule has 1 N–H and O–H groups in total. The van der Waals surface area contributed by atoms with Gasteiger partial charge in [0.15, 0.2) is 0 Å². The number of aryl methyl sites for hydroxylation is 1. The van der Waals surface area contributed by atoms with Crippen molar-refractivity contribution < 1.29 is 14.5 Å². The van der Waals surface area contributed by atoms with Crippen molar-refractivity contribution in [1.29, 1.82) is 0 Å². The molecule has 0 aliphatic rings. The summed E-state index contributed by atoms with van der Waals surface area (Å²) in [4.78, 5) is 28.6. The number of thiazole rings is 1. The Morgan fingerprint density at radius 1 is 1.50 bits per heavy atom. The molecule has 2 rings (SSSR count). The summed E-state index contributed by atoms with van der Waals surface area (Å²) >= 11 is 1.57. The van der Waals surface area contributed by atoms with Gasteiger partial charge in [0.1, 0.15) is 5.75 Å². The number of nitrogens with zero attached hydrogens (tertiary/aromatic N) is 3. The van der Waals surface area contributed by atoms with E-state index in [1.54, 1.807) is 11.3 Å². The molecule has 0 saturated heterocycles. The van der Waals surface area contributed by atoms with Crippen LogP contribution in [0.4, 0.5) is 11.4 Å². The Labute approximate surface area is 143 Å². The van der Waals surface area contributed by atoms with Gasteiger partial charge in [-0.1, -0.05) is 0 Å². The van der Waals surface area contributed by atoms with Crippen LogP contribution in [-0.4, -0.2) is 41.4 Å². The summed E-state index contributed by atoms with van der Waals surface area (Å²) in [6.07, 6.45) is 0. The topological polar surface area (TPSA) is 97.6 Å². The van der Waals surface area contributed by atoms with Crippen molar-refractivity contribution in [1.82, 2.24) is 9.88 Å². The first-order chi connectivity index (χ1) is 11.4. The van der Waals surface area contributed by atoms with Crippen LogP contribution in [0, 0.1) is 17.0 Å². The molecule has 1 aromatic carbocycles. The van der Waals surface area contributed by atoms with Crippen molar-refractivity contribution in [3.8, 4) is 5.75 Å². The summed E-state index contributed by atoms with van der Waals surface area (Å²) < 4.78 is 5.10. The molecular weight excluding hydrogens is 332 g/mol. The van der Waals surface area contributed by atoms with Crippen LogP contribution in [0.5, 0.6) is 5.75 Å². The molecule has 2 aromatic rings. The molecule has 0 atom stereocenters. The molecular formula is C15H18N4O4S. The Kier molecular flexibility index (Phi) is 5.83. The number of rotatable bonds is 7. The predicted molar refractivity (Wildman–Crippen MR) is 91.5 cm³/mol. The van der Waals surface area contributed by atoms with Gasteiger partial charge in [-0.25, -0.2) is 4.98 Å². The van der Waals surface area contributed by atoms with Crippen molar-refractivity contribution in [3.63, 3.8) is 0 Å². The van der Waals surface area contributed by atoms with Crippen molar-refractivity contribution in [3.05, 3.63) is 44.4 Å². The SMILES string of the molecule is COc1cc([N+](=O)[O-])ccc1NC(=O)CN(C)Cc1csc(C)n1. The van der Waals surface area contributed by atoms with Gasteiger partial charge >= 0.3 is 0 Å². The van der Waals surface area contributed by atoms with Crippen molar-refractivity contribution in [2.45, 2.75) is 13.5 Å². The average Bonchev–Trinajstić information content (AvgIpc) is 2.92. The lowest BCUT2D eigenvalue weighted by Gasteiger charge is -2.16. The number of likely N-dealkylation sites (N-methyl/N-ethyl adjacent to an activating group) is 1. The van der Waals surface area contributed by atoms with Gasteiger partial charge in [0.2, 0.25) is 5.91 Å². The Hall–Kier alpha value is -2.52. The number of ether oxygens (including phenoxy) is 1. The molecule has 1 amide bonds. The normalized spacial score (nSPS) is 10.7. The van der Waals surface area contributed by atoms with Gasteiger partial charge in [-0.3, -0.25) is 19.8 Å². The fraction of sp³-hybridized carbons (Fsp3) is 0.333. The van der Waals surface area contributed by atoms with Crippen molar-refractivity contribution in [2.75, 3.05) is 26.0 Å². The van der Waals surface area contributed by atoms with Crippen LogP contribution in [0.25, 0.3) is 0 Å². The van der Waals surface area contributed by atoms with E-state index < -0.39 is 4.92 Å². The number of nitrogens with one attached hydrogen (secondary N) is 1. The number of carbonyl (C=O) groups is 1. The fourth-order valence-electron chi connectivity index (χ4n) is 2.14. The lowest BCUT2D eigenvalue weighted by Crippen LogP contribution is -2.30. The van der Waals surface area contributed by atoms with Gasteiger partial charge < -0.3 is 10.1 Å². The number of benzene rings is 1. The van der Waals surface area contributed by atoms with E-state index in [2.05, 4.69) is 10.3 Å². The summed E-state index contributed by atoms with van der Waals surface area (Å²) in [6.45, 7) is 2.66. The minimum atomic E-state index is -0.516. The number of nitro groups is 1. The lowest BCUT2D eigenvalue weighted by atomic mass is 10.2. The van der Waals surface area contributed by atoms with E-state index in [1.165, 1.54) is 25.3 Å². The Morgan fingerprint density at radius 2 is 2.25 bits per heavy atom. The van der Waals surface area contributed by atoms with Crippen LogP contribution >= 0.6 is 11.3 Å². The molecule has 8 nitrogen and oxygen atoms in total. The van der Waals surface area contributed by atoms with Crippen LogP contribution in [0.2, 0.25) is 0 Å². The van der Waals surface area contributed by atoms with Gasteiger partial charge in [-0.15, -0.1) is 11.3 Å². The van der Waals surface area contributed by atoms with Gasteiger partial charge in [0.25, 0.3) is 5.69 Å². The second kappa shape index (κ2) is 7.84. The van der Waals surface area contributed by atoms with E-state index in [0.29, 0.717) is 12.2 Å². The molecule has 0 aliphatic carbocycles. The summed E-state index contributed by atoms with van der Waals surface area (Å²) in [5.74, 6) is 0.00642. The molecule has 0 saturated carbocycles. The van der Waals surface area contributed by atoms with E-state index in [9.17, 15) is 14.9 Å². The smallest absolute Gasteiger partial charge is 0.273 e. The van der Waals surface area contributed by atoms with E-state index in [1.807, 2.05) is 24.3 Å². The number of nitro benzene ring substituents is 1. The largest absolute Gasteiger partial charge is 0.494 e. The van der Waals surface area contributed by atoms with E-state index >= 15 is 0 Å². The highest BCUT2D eigenvalue weighted by atomic mass is 32.1. The third-order valence-corrected chi connectivity index (χ3v) is 4.00. The van der Waals surface area contributed by atoms with Crippen LogP contribution in [0.15, 0.2) is 23.6 Å². The number of non-ortho nitro benzene ring substituents is 1. The first kappa shape index (κ1) is 17.8. The van der Waals surface area contributed by atoms with Gasteiger partial charge in [0.05, 0.1) is 41.0 Å². The summed E-state index contributed by atoms with van der Waals surface area (Å²) in [7, 11) is 3.22. The molecule has 1 heterocycles. The Morgan fingerprint density at radius 3 is 2.83 bits per heavy atom. The lowest BCUT2D eigenvalue weighted by molar-refractivity contribution is -0.384. The summed E-state index contributed by atoms with van der Waals surface area (Å²) in [5.41, 5.74) is 1.22. The first-order valence-electron chi connectivity index (χ1n) is 7.11. The monoisotopic (exact) mass is 350 g/mol. The van der Waals surface area contributed by atoms with E-state index in [0.717, 1.165) is 10.7 Å². The maximum absolute atomic E-state index is 12.1. The molecule has 1 aromatic heterocycles. The number of amides is 1. The second-order valence-corrected chi connectivity index (χ2v) is 6.28. The third kappa shape index (κ3) is 4.74. The third-order valence-electron chi connectivity index (χ3n) is 3.18. The Balaban J connectivity index is 1.97. The zero-order chi connectivity index (χ0) is 17.7. The number of carbonyl (C=O) groups excluding carboxylic acids is 1. The highest BCUT2D eigenvalue weighted by Crippen LogP contribution is 2.28. The standard InChI is InChI=1S/C15H18N4O4S/c1-10-16-11(9-24-10)7-18(2)8-15(20)17-13-5-4-12(19(21)22)6-14(13)23-3/h4-6,9H,7-8H2,1-3H3,(H,17,20). The zero-order valence-electron chi connectivity index (χ0n) is 13.6. The number of anilines is 1. The predicted octanol–water partition coefficient (Wildman–Crippen LogP) is 2.44. The van der Waals surface area contributed by atoms with Crippen LogP contribution in [-0.2, 0) is 11.3 Å². The van der Waals surface area contributed by atoms with Crippen LogP contribution in [0.1, 0.15) is 10.7 Å². The van der Waals surface area contributed by atoms with Crippen LogP contribution < -0.4 is 10.1 Å². The maximum atomic E-state index is 12.1. The molecule has 9 heteroatoms. The molecule has 0 unspecified atom stereocenters. The summed E-state index contributed by atoms with van der Waals surface area (Å²) in [5, 5.41) is 16.4. The van der Waals surface area contributed by atoms with E-state index in [4.69, 9.17) is 4.74 Å². The minimum absolute atomic E-state index is 0.0964. The molecule has 0 aliphatic heterocycles. The highest BCUT2D eigenvalue weighted by molar-refractivity contribution is 7.09. The molecule has 24 heavy (non-hydrogen) atoms. The molecule has 128 valence electrons. The molecule has 0 fully saturated rings. The second-order valence-electron chi connectivity index (χ2n) is 5.22. The van der Waals surface area contributed by atoms with E-state index in [-0.39, 0.29) is 23.9 Å². The Bertz CT molecular complexity index is 747. The number of hydrogen-bond donors (Lipinski definition) is 1. The summed E-state index contributed by atoms with van der Waals surface area (Å²) in [6, 6.07) is 4.05. The number of aromatic nitrogens is 1. The van der Waals surface area contributed by atoms with Gasteiger partial charge in [-0.05, 0) is 20.0 Å². The number of methoxy groups -OCH3 is 1. The minimum Gasteiger partial charge on any atom is -0.494 e. The fourth-order valence-corrected chi connectivity index (χ4v) is 2.75. The highest BCUT2D eigenvalue weighted by Gasteiger charge is 2.14. The van der Waals surface area contributed by atoms with Crippen molar-refractivity contribution >= 4 is 28.6 Å². The molecule has 0 radical (unpaired) electrons. The van der Waals surface area contributed by atoms with Gasteiger partial charge in [-0.2, -0.15) is 0 Å². The quantitative estimate of drug-likeness (QED) is 0.608. The maximum Gasteiger partial charge on any atom is 0.273 e. The average molecular weight is 350 g/mol. The first-order valence-corrected chi connectivity index (χ1v) is 7.99. The molecule has 0 spiro atoms. The zero-order valence-corrected chi connectivity index (χ0v) is 14.4.